The van der Waals surface area contributed by atoms with Crippen molar-refractivity contribution in [2.45, 2.75) is 6.92 Å². The summed E-state index contributed by atoms with van der Waals surface area (Å²) >= 11 is 0. The van der Waals surface area contributed by atoms with Crippen molar-refractivity contribution < 1.29 is 73.9 Å². The zero-order chi connectivity index (χ0) is 8.91. The SMILES string of the molecule is CCOC(=O)C=[C][B-](F)(F)F.[K+]. The minimum Gasteiger partial charge on any atom is -0.463 e. The largest absolute Gasteiger partial charge is 1.00 e. The fraction of sp³-hybridized carbons (Fsp3) is 0.400. The molecule has 0 aliphatic heterocycles. The summed E-state index contributed by atoms with van der Waals surface area (Å²) in [5, 5.41) is 0. The Balaban J connectivity index is 0. The molecule has 0 bridgehead atoms. The van der Waals surface area contributed by atoms with Gasteiger partial charge in [0.05, 0.1) is 6.61 Å². The first-order valence-corrected chi connectivity index (χ1v) is 2.92. The van der Waals surface area contributed by atoms with Gasteiger partial charge in [-0.25, -0.2) is 4.79 Å². The normalized spacial score (nSPS) is 11.0. The molecule has 0 amide bonds. The van der Waals surface area contributed by atoms with Gasteiger partial charge in [-0.05, 0) is 13.0 Å². The molecule has 0 saturated heterocycles. The van der Waals surface area contributed by atoms with Crippen LogP contribution in [0.5, 0.6) is 0 Å². The Morgan fingerprint density at radius 3 is 2.42 bits per heavy atom. The standard InChI is InChI=1S/C5H6BF3O2.K/c1-2-11-5(10)3-4-6(7,8)9;/h3H,2H2,1H3;/q-1;+1. The van der Waals surface area contributed by atoms with Crippen molar-refractivity contribution in [3.63, 3.8) is 0 Å². The summed E-state index contributed by atoms with van der Waals surface area (Å²) in [4.78, 5) is 10.3. The topological polar surface area (TPSA) is 26.3 Å². The molecule has 0 aromatic heterocycles. The van der Waals surface area contributed by atoms with Crippen LogP contribution in [0, 0.1) is 5.98 Å². The summed E-state index contributed by atoms with van der Waals surface area (Å²) in [5.74, 6) is -0.0522. The van der Waals surface area contributed by atoms with Gasteiger partial charge in [0.15, 0.2) is 0 Å². The van der Waals surface area contributed by atoms with Crippen molar-refractivity contribution >= 4 is 12.9 Å². The third-order valence-electron chi connectivity index (χ3n) is 0.677. The predicted octanol–water partition coefficient (Wildman–Crippen LogP) is -1.70. The molecule has 12 heavy (non-hydrogen) atoms. The first kappa shape index (κ1) is 15.2. The minimum atomic E-state index is -5.15. The van der Waals surface area contributed by atoms with Crippen molar-refractivity contribution in [3.05, 3.63) is 12.1 Å². The van der Waals surface area contributed by atoms with E-state index in [0.29, 0.717) is 0 Å². The number of carbonyl (C=O) groups is 1. The van der Waals surface area contributed by atoms with Crippen LogP contribution in [-0.2, 0) is 9.53 Å². The quantitative estimate of drug-likeness (QED) is 0.312. The maximum atomic E-state index is 11.4. The van der Waals surface area contributed by atoms with Crippen molar-refractivity contribution in [2.24, 2.45) is 0 Å². The van der Waals surface area contributed by atoms with Crippen LogP contribution in [-0.4, -0.2) is 19.6 Å². The van der Waals surface area contributed by atoms with E-state index in [1.54, 1.807) is 0 Å². The van der Waals surface area contributed by atoms with Gasteiger partial charge in [-0.2, -0.15) is 0 Å². The molecule has 2 nitrogen and oxygen atoms in total. The van der Waals surface area contributed by atoms with Crippen molar-refractivity contribution in [1.82, 2.24) is 0 Å². The second-order valence-electron chi connectivity index (χ2n) is 1.64. The van der Waals surface area contributed by atoms with Gasteiger partial charge in [0, 0.05) is 0 Å². The zero-order valence-electron chi connectivity index (χ0n) is 6.81. The molecule has 0 spiro atoms. The summed E-state index contributed by atoms with van der Waals surface area (Å²) in [5.41, 5.74) is 0. The maximum absolute atomic E-state index is 11.4. The molecular formula is C5H6BF3KO2. The Morgan fingerprint density at radius 2 is 2.08 bits per heavy atom. The molecule has 0 fully saturated rings. The fourth-order valence-corrected chi connectivity index (χ4v) is 0.346. The number of halogens is 3. The Hall–Kier alpha value is 0.701. The van der Waals surface area contributed by atoms with Gasteiger partial charge in [-0.1, -0.05) is 0 Å². The molecule has 0 atom stereocenters. The molecule has 0 saturated carbocycles. The van der Waals surface area contributed by atoms with E-state index in [4.69, 9.17) is 0 Å². The fourth-order valence-electron chi connectivity index (χ4n) is 0.346. The molecule has 0 aliphatic carbocycles. The van der Waals surface area contributed by atoms with Gasteiger partial charge < -0.3 is 17.7 Å². The van der Waals surface area contributed by atoms with Gasteiger partial charge in [-0.15, -0.1) is 5.98 Å². The number of esters is 1. The van der Waals surface area contributed by atoms with Crippen LogP contribution in [0.3, 0.4) is 0 Å². The van der Waals surface area contributed by atoms with Crippen LogP contribution in [0.4, 0.5) is 12.9 Å². The Bertz CT molecular complexity index is 169. The van der Waals surface area contributed by atoms with E-state index in [9.17, 15) is 17.7 Å². The van der Waals surface area contributed by atoms with Crippen LogP contribution in [0.2, 0.25) is 0 Å². The third kappa shape index (κ3) is 10.7. The summed E-state index contributed by atoms with van der Waals surface area (Å²) in [6, 6.07) is 0. The second-order valence-corrected chi connectivity index (χ2v) is 1.64. The van der Waals surface area contributed by atoms with E-state index < -0.39 is 12.9 Å². The van der Waals surface area contributed by atoms with Gasteiger partial charge in [0.2, 0.25) is 0 Å². The second kappa shape index (κ2) is 7.14. The van der Waals surface area contributed by atoms with E-state index >= 15 is 0 Å². The molecule has 0 aromatic carbocycles. The van der Waals surface area contributed by atoms with Crippen molar-refractivity contribution in [2.75, 3.05) is 6.61 Å². The molecule has 0 unspecified atom stereocenters. The zero-order valence-corrected chi connectivity index (χ0v) is 9.94. The summed E-state index contributed by atoms with van der Waals surface area (Å²) in [7, 11) is 0. The van der Waals surface area contributed by atoms with E-state index in [1.165, 1.54) is 6.92 Å². The van der Waals surface area contributed by atoms with Gasteiger partial charge in [-0.3, -0.25) is 0 Å². The first-order valence-electron chi connectivity index (χ1n) is 2.92. The van der Waals surface area contributed by atoms with Crippen LogP contribution in [0.25, 0.3) is 0 Å². The van der Waals surface area contributed by atoms with Crippen LogP contribution < -0.4 is 51.4 Å². The molecule has 0 heterocycles. The molecule has 0 aliphatic rings. The predicted molar refractivity (Wildman–Crippen MR) is 33.5 cm³/mol. The Labute approximate surface area is 111 Å². The molecular weight excluding hydrogens is 199 g/mol. The maximum Gasteiger partial charge on any atom is 1.00 e. The van der Waals surface area contributed by atoms with E-state index in [-0.39, 0.29) is 64.1 Å². The van der Waals surface area contributed by atoms with E-state index in [2.05, 4.69) is 4.74 Å². The molecule has 1 radical (unpaired) electrons. The third-order valence-corrected chi connectivity index (χ3v) is 0.677. The summed E-state index contributed by atoms with van der Waals surface area (Å²) in [6.07, 6.45) is 0.253. The van der Waals surface area contributed by atoms with Gasteiger partial charge >= 0.3 is 64.3 Å². The molecule has 63 valence electrons. The number of carbonyl (C=O) groups excluding carboxylic acids is 1. The molecule has 0 N–H and O–H groups in total. The monoisotopic (exact) mass is 205 g/mol. The summed E-state index contributed by atoms with van der Waals surface area (Å²) in [6.45, 7) is -3.59. The molecule has 7 heteroatoms. The van der Waals surface area contributed by atoms with Crippen molar-refractivity contribution in [3.8, 4) is 0 Å². The average molecular weight is 205 g/mol. The number of rotatable bonds is 3. The van der Waals surface area contributed by atoms with E-state index in [1.807, 2.05) is 0 Å². The average Bonchev–Trinajstić information content (AvgIpc) is 1.83. The summed E-state index contributed by atoms with van der Waals surface area (Å²) < 4.78 is 38.3. The number of hydrogen-bond acceptors (Lipinski definition) is 2. The first-order chi connectivity index (χ1) is 4.95. The smallest absolute Gasteiger partial charge is 0.463 e. The van der Waals surface area contributed by atoms with Gasteiger partial charge in [0.1, 0.15) is 0 Å². The minimum absolute atomic E-state index is 0. The Morgan fingerprint density at radius 1 is 1.58 bits per heavy atom. The molecule has 0 rings (SSSR count). The number of ether oxygens (including phenoxy) is 1. The molecule has 0 aromatic rings. The van der Waals surface area contributed by atoms with Crippen LogP contribution in [0.15, 0.2) is 6.08 Å². The van der Waals surface area contributed by atoms with Crippen LogP contribution in [0.1, 0.15) is 6.92 Å². The number of hydrogen-bond donors (Lipinski definition) is 0. The van der Waals surface area contributed by atoms with Crippen LogP contribution >= 0.6 is 0 Å². The van der Waals surface area contributed by atoms with Crippen molar-refractivity contribution in [1.29, 1.82) is 0 Å². The Kier molecular flexibility index (Phi) is 9.03. The van der Waals surface area contributed by atoms with Gasteiger partial charge in [0.25, 0.3) is 0 Å². The van der Waals surface area contributed by atoms with E-state index in [0.717, 1.165) is 5.98 Å².